The van der Waals surface area contributed by atoms with Gasteiger partial charge in [0.15, 0.2) is 0 Å². The van der Waals surface area contributed by atoms with E-state index in [0.29, 0.717) is 6.42 Å². The minimum atomic E-state index is -0.451. The number of allylic oxidation sites excluding steroid dienone is 1. The van der Waals surface area contributed by atoms with Gasteiger partial charge in [-0.1, -0.05) is 19.1 Å². The summed E-state index contributed by atoms with van der Waals surface area (Å²) in [6, 6.07) is 0. The summed E-state index contributed by atoms with van der Waals surface area (Å²) in [6.07, 6.45) is 3.96. The third-order valence-electron chi connectivity index (χ3n) is 2.13. The van der Waals surface area contributed by atoms with Gasteiger partial charge in [-0.15, -0.1) is 0 Å². The lowest BCUT2D eigenvalue weighted by molar-refractivity contribution is 0.0216. The molecule has 12 heavy (non-hydrogen) atoms. The van der Waals surface area contributed by atoms with Crippen LogP contribution in [0.15, 0.2) is 12.2 Å². The van der Waals surface area contributed by atoms with Crippen molar-refractivity contribution < 1.29 is 10.2 Å². The zero-order chi connectivity index (χ0) is 9.56. The van der Waals surface area contributed by atoms with Gasteiger partial charge in [0, 0.05) is 5.92 Å². The summed E-state index contributed by atoms with van der Waals surface area (Å²) in [7, 11) is 0. The Hall–Kier alpha value is -0.340. The number of aliphatic hydroxyl groups excluding tert-OH is 2. The fraction of sp³-hybridized carbons (Fsp3) is 0.700. The van der Waals surface area contributed by atoms with Gasteiger partial charge in [0.1, 0.15) is 0 Å². The maximum atomic E-state index is 9.57. The smallest absolute Gasteiger partial charge is 0.0627 e. The van der Waals surface area contributed by atoms with Gasteiger partial charge in [-0.05, 0) is 26.7 Å². The first kappa shape index (κ1) is 11.7. The molecule has 0 aliphatic rings. The van der Waals surface area contributed by atoms with E-state index in [-0.39, 0.29) is 5.92 Å². The molecule has 71 valence electrons. The molecule has 3 atom stereocenters. The molecule has 2 N–H and O–H groups in total. The van der Waals surface area contributed by atoms with Crippen LogP contribution >= 0.6 is 0 Å². The maximum Gasteiger partial charge on any atom is 0.0627 e. The normalized spacial score (nSPS) is 19.4. The molecule has 0 aliphatic heterocycles. The number of rotatable bonds is 5. The van der Waals surface area contributed by atoms with Crippen molar-refractivity contribution in [2.24, 2.45) is 5.92 Å². The molecule has 1 radical (unpaired) electrons. The van der Waals surface area contributed by atoms with Crippen molar-refractivity contribution in [3.05, 3.63) is 19.1 Å². The van der Waals surface area contributed by atoms with Gasteiger partial charge in [-0.2, -0.15) is 0 Å². The molecule has 0 aromatic heterocycles. The lowest BCUT2D eigenvalue weighted by Gasteiger charge is -2.22. The van der Waals surface area contributed by atoms with Crippen LogP contribution < -0.4 is 0 Å². The summed E-state index contributed by atoms with van der Waals surface area (Å²) in [5.41, 5.74) is 0. The van der Waals surface area contributed by atoms with Gasteiger partial charge in [0.05, 0.1) is 12.2 Å². The van der Waals surface area contributed by atoms with E-state index in [0.717, 1.165) is 6.42 Å². The van der Waals surface area contributed by atoms with Crippen LogP contribution in [0.1, 0.15) is 26.7 Å². The van der Waals surface area contributed by atoms with Crippen LogP contribution in [0.2, 0.25) is 0 Å². The summed E-state index contributed by atoms with van der Waals surface area (Å²) in [4.78, 5) is 0. The Morgan fingerprint density at radius 1 is 1.42 bits per heavy atom. The average molecular weight is 171 g/mol. The van der Waals surface area contributed by atoms with E-state index in [1.54, 1.807) is 13.0 Å². The third-order valence-corrected chi connectivity index (χ3v) is 2.13. The lowest BCUT2D eigenvalue weighted by atomic mass is 9.92. The maximum absolute atomic E-state index is 9.57. The lowest BCUT2D eigenvalue weighted by Crippen LogP contribution is -2.28. The Kier molecular flexibility index (Phi) is 6.03. The standard InChI is InChI=1S/C10H19O2/c1-4-6-7-10(12)9(5-2)8(3)11/h4,6,8-12H,1,5,7H2,2-3H3. The van der Waals surface area contributed by atoms with Crippen molar-refractivity contribution in [1.82, 2.24) is 0 Å². The minimum absolute atomic E-state index is 0.0267. The highest BCUT2D eigenvalue weighted by molar-refractivity contribution is 4.88. The quantitative estimate of drug-likeness (QED) is 0.658. The third kappa shape index (κ3) is 3.88. The first-order valence-corrected chi connectivity index (χ1v) is 4.43. The van der Waals surface area contributed by atoms with Crippen molar-refractivity contribution in [3.8, 4) is 0 Å². The van der Waals surface area contributed by atoms with Crippen molar-refractivity contribution >= 4 is 0 Å². The van der Waals surface area contributed by atoms with Gasteiger partial charge in [-0.3, -0.25) is 0 Å². The predicted molar refractivity (Wildman–Crippen MR) is 50.6 cm³/mol. The molecule has 0 aliphatic carbocycles. The first-order valence-electron chi connectivity index (χ1n) is 4.43. The van der Waals surface area contributed by atoms with E-state index in [2.05, 4.69) is 6.92 Å². The summed E-state index contributed by atoms with van der Waals surface area (Å²) in [5, 5.41) is 18.9. The molecular formula is C10H19O2. The fourth-order valence-electron chi connectivity index (χ4n) is 1.35. The van der Waals surface area contributed by atoms with Crippen LogP contribution in [-0.4, -0.2) is 22.4 Å². The Labute approximate surface area is 74.9 Å². The molecule has 0 heterocycles. The molecule has 0 aromatic carbocycles. The molecule has 2 heteroatoms. The van der Waals surface area contributed by atoms with Crippen LogP contribution in [0, 0.1) is 12.8 Å². The van der Waals surface area contributed by atoms with Gasteiger partial charge < -0.3 is 10.2 Å². The van der Waals surface area contributed by atoms with Crippen LogP contribution in [0.4, 0.5) is 0 Å². The zero-order valence-electron chi connectivity index (χ0n) is 7.90. The van der Waals surface area contributed by atoms with Gasteiger partial charge in [0.2, 0.25) is 0 Å². The van der Waals surface area contributed by atoms with Crippen LogP contribution in [0.25, 0.3) is 0 Å². The van der Waals surface area contributed by atoms with Crippen molar-refractivity contribution in [3.63, 3.8) is 0 Å². The average Bonchev–Trinajstić information content (AvgIpc) is 2.01. The zero-order valence-corrected chi connectivity index (χ0v) is 7.90. The van der Waals surface area contributed by atoms with E-state index in [4.69, 9.17) is 0 Å². The van der Waals surface area contributed by atoms with Crippen molar-refractivity contribution in [2.75, 3.05) is 0 Å². The summed E-state index contributed by atoms with van der Waals surface area (Å²) < 4.78 is 0. The van der Waals surface area contributed by atoms with Crippen LogP contribution in [-0.2, 0) is 0 Å². The monoisotopic (exact) mass is 171 g/mol. The molecule has 3 unspecified atom stereocenters. The number of hydrogen-bond donors (Lipinski definition) is 2. The number of aliphatic hydroxyl groups is 2. The summed E-state index contributed by atoms with van der Waals surface area (Å²) in [6.45, 7) is 7.21. The minimum Gasteiger partial charge on any atom is -0.393 e. The fourth-order valence-corrected chi connectivity index (χ4v) is 1.35. The SMILES string of the molecule is [CH2]C=CCC(O)C(CC)C(C)O. The van der Waals surface area contributed by atoms with Gasteiger partial charge in [-0.25, -0.2) is 0 Å². The van der Waals surface area contributed by atoms with E-state index in [9.17, 15) is 10.2 Å². The Balaban J connectivity index is 3.93. The highest BCUT2D eigenvalue weighted by Gasteiger charge is 2.20. The molecule has 2 nitrogen and oxygen atoms in total. The van der Waals surface area contributed by atoms with E-state index >= 15 is 0 Å². The van der Waals surface area contributed by atoms with Gasteiger partial charge >= 0.3 is 0 Å². The Morgan fingerprint density at radius 2 is 2.00 bits per heavy atom. The molecule has 0 aromatic rings. The predicted octanol–water partition coefficient (Wildman–Crippen LogP) is 1.53. The summed E-state index contributed by atoms with van der Waals surface area (Å²) in [5.74, 6) is -0.0267. The largest absolute Gasteiger partial charge is 0.393 e. The van der Waals surface area contributed by atoms with Crippen LogP contribution in [0.5, 0.6) is 0 Å². The second kappa shape index (κ2) is 6.21. The molecule has 0 bridgehead atoms. The van der Waals surface area contributed by atoms with Crippen LogP contribution in [0.3, 0.4) is 0 Å². The molecule has 0 amide bonds. The first-order chi connectivity index (χ1) is 5.63. The highest BCUT2D eigenvalue weighted by atomic mass is 16.3. The molecule has 0 saturated heterocycles. The van der Waals surface area contributed by atoms with E-state index in [1.165, 1.54) is 0 Å². The molecule has 0 saturated carbocycles. The molecule has 0 spiro atoms. The molecule has 0 rings (SSSR count). The topological polar surface area (TPSA) is 40.5 Å². The van der Waals surface area contributed by atoms with Gasteiger partial charge in [0.25, 0.3) is 0 Å². The number of hydrogen-bond acceptors (Lipinski definition) is 2. The summed E-state index contributed by atoms with van der Waals surface area (Å²) >= 11 is 0. The van der Waals surface area contributed by atoms with Crippen molar-refractivity contribution in [2.45, 2.75) is 38.9 Å². The highest BCUT2D eigenvalue weighted by Crippen LogP contribution is 2.16. The Morgan fingerprint density at radius 3 is 2.33 bits per heavy atom. The van der Waals surface area contributed by atoms with Crippen molar-refractivity contribution in [1.29, 1.82) is 0 Å². The second-order valence-electron chi connectivity index (χ2n) is 3.09. The molecular weight excluding hydrogens is 152 g/mol. The van der Waals surface area contributed by atoms with E-state index in [1.807, 2.05) is 13.0 Å². The molecule has 0 fully saturated rings. The Bertz CT molecular complexity index is 130. The second-order valence-corrected chi connectivity index (χ2v) is 3.09. The van der Waals surface area contributed by atoms with E-state index < -0.39 is 12.2 Å².